The lowest BCUT2D eigenvalue weighted by molar-refractivity contribution is 0.0681. The Morgan fingerprint density at radius 2 is 2.28 bits per heavy atom. The molecule has 1 aliphatic heterocycles. The second-order valence-electron chi connectivity index (χ2n) is 6.75. The summed E-state index contributed by atoms with van der Waals surface area (Å²) >= 11 is 6.10. The number of nitrogen functional groups attached to an aromatic ring is 1. The molecule has 4 rings (SSSR count). The molecule has 1 saturated heterocycles. The topological polar surface area (TPSA) is 114 Å². The Balaban J connectivity index is 1.61. The molecule has 3 heterocycles. The van der Waals surface area contributed by atoms with E-state index < -0.39 is 13.3 Å². The van der Waals surface area contributed by atoms with E-state index in [-0.39, 0.29) is 25.1 Å². The van der Waals surface area contributed by atoms with Gasteiger partial charge in [-0.25, -0.2) is 15.0 Å². The smallest absolute Gasteiger partial charge is 0.338 e. The van der Waals surface area contributed by atoms with Gasteiger partial charge in [-0.2, -0.15) is 0 Å². The Bertz CT molecular complexity index is 1060. The van der Waals surface area contributed by atoms with E-state index in [2.05, 4.69) is 15.0 Å². The zero-order chi connectivity index (χ0) is 20.4. The molecule has 154 valence electrons. The molecule has 3 atom stereocenters. The van der Waals surface area contributed by atoms with Crippen molar-refractivity contribution in [3.63, 3.8) is 0 Å². The Morgan fingerprint density at radius 1 is 1.41 bits per heavy atom. The third-order valence-electron chi connectivity index (χ3n) is 4.79. The van der Waals surface area contributed by atoms with Crippen molar-refractivity contribution in [1.82, 2.24) is 19.5 Å². The summed E-state index contributed by atoms with van der Waals surface area (Å²) in [6, 6.07) is 7.35. The van der Waals surface area contributed by atoms with Gasteiger partial charge in [0.05, 0.1) is 25.6 Å². The van der Waals surface area contributed by atoms with E-state index in [1.165, 1.54) is 6.33 Å². The molecule has 2 N–H and O–H groups in total. The fraction of sp³-hybridized carbons (Fsp3) is 0.389. The minimum Gasteiger partial charge on any atom is -0.384 e. The van der Waals surface area contributed by atoms with Crippen LogP contribution in [0.2, 0.25) is 5.02 Å². The number of methoxy groups -OCH3 is 1. The molecule has 0 amide bonds. The Morgan fingerprint density at radius 3 is 3.07 bits per heavy atom. The van der Waals surface area contributed by atoms with Crippen LogP contribution in [0.5, 0.6) is 0 Å². The summed E-state index contributed by atoms with van der Waals surface area (Å²) in [5.74, 6) is 0.287. The van der Waals surface area contributed by atoms with Crippen LogP contribution in [0.3, 0.4) is 0 Å². The van der Waals surface area contributed by atoms with Gasteiger partial charge in [0.2, 0.25) is 0 Å². The number of fused-ring (bicyclic) bond motifs is 1. The molecule has 2 unspecified atom stereocenters. The van der Waals surface area contributed by atoms with Gasteiger partial charge in [-0.15, -0.1) is 0 Å². The van der Waals surface area contributed by atoms with Crippen LogP contribution in [0.15, 0.2) is 36.9 Å². The van der Waals surface area contributed by atoms with E-state index in [9.17, 15) is 4.57 Å². The first-order valence-electron chi connectivity index (χ1n) is 9.08. The summed E-state index contributed by atoms with van der Waals surface area (Å²) in [5, 5.41) is 0.600. The van der Waals surface area contributed by atoms with Crippen molar-refractivity contribution in [3.8, 4) is 0 Å². The predicted octanol–water partition coefficient (Wildman–Crippen LogP) is 3.45. The number of ether oxygens (including phenoxy) is 1. The zero-order valence-electron chi connectivity index (χ0n) is 15.8. The normalized spacial score (nSPS) is 23.3. The quantitative estimate of drug-likeness (QED) is 0.583. The molecule has 29 heavy (non-hydrogen) atoms. The molecule has 0 saturated carbocycles. The van der Waals surface area contributed by atoms with Gasteiger partial charge in [-0.05, 0) is 17.7 Å². The highest BCUT2D eigenvalue weighted by atomic mass is 35.5. The number of halogens is 1. The standard InChI is InChI=1S/C18H21ClN5O4P/c1-26-9-14(8-24-11-23-16-17(20)21-10-22-18(16)24)29(25)27-6-5-15(28-29)12-3-2-4-13(19)7-12/h2-4,7,10-11,14-15H,5-6,8-9H2,1H3,(H2,20,21,22)/t14?,15-,29?/m0/s1. The van der Waals surface area contributed by atoms with Crippen LogP contribution in [0.4, 0.5) is 5.82 Å². The van der Waals surface area contributed by atoms with E-state index in [0.717, 1.165) is 5.56 Å². The van der Waals surface area contributed by atoms with E-state index in [1.54, 1.807) is 24.1 Å². The third-order valence-corrected chi connectivity index (χ3v) is 7.32. The largest absolute Gasteiger partial charge is 0.384 e. The fourth-order valence-electron chi connectivity index (χ4n) is 3.37. The average Bonchev–Trinajstić information content (AvgIpc) is 3.12. The molecule has 11 heteroatoms. The average molecular weight is 438 g/mol. The Kier molecular flexibility index (Phi) is 5.85. The van der Waals surface area contributed by atoms with Crippen molar-refractivity contribution in [2.75, 3.05) is 26.1 Å². The maximum absolute atomic E-state index is 13.7. The summed E-state index contributed by atoms with van der Waals surface area (Å²) in [4.78, 5) is 12.4. The van der Waals surface area contributed by atoms with Gasteiger partial charge in [0.25, 0.3) is 0 Å². The maximum Gasteiger partial charge on any atom is 0.338 e. The van der Waals surface area contributed by atoms with Crippen molar-refractivity contribution in [1.29, 1.82) is 0 Å². The summed E-state index contributed by atoms with van der Waals surface area (Å²) in [6.07, 6.45) is 3.17. The minimum absolute atomic E-state index is 0.180. The molecule has 1 aliphatic rings. The van der Waals surface area contributed by atoms with Gasteiger partial charge < -0.3 is 19.6 Å². The molecular formula is C18H21ClN5O4P. The Hall–Kier alpha value is -2.03. The van der Waals surface area contributed by atoms with Gasteiger partial charge in [0.15, 0.2) is 11.5 Å². The molecule has 9 nitrogen and oxygen atoms in total. The molecule has 3 aromatic rings. The molecular weight excluding hydrogens is 417 g/mol. The van der Waals surface area contributed by atoms with Gasteiger partial charge in [0.1, 0.15) is 17.5 Å². The molecule has 1 fully saturated rings. The lowest BCUT2D eigenvalue weighted by atomic mass is 10.1. The lowest BCUT2D eigenvalue weighted by Crippen LogP contribution is -2.28. The number of anilines is 1. The molecule has 0 spiro atoms. The van der Waals surface area contributed by atoms with E-state index in [4.69, 9.17) is 31.1 Å². The van der Waals surface area contributed by atoms with Crippen LogP contribution in [0.25, 0.3) is 11.2 Å². The first-order chi connectivity index (χ1) is 14.0. The monoisotopic (exact) mass is 437 g/mol. The second kappa shape index (κ2) is 8.38. The van der Waals surface area contributed by atoms with Gasteiger partial charge in [-0.3, -0.25) is 9.09 Å². The molecule has 0 bridgehead atoms. The highest BCUT2D eigenvalue weighted by molar-refractivity contribution is 7.54. The van der Waals surface area contributed by atoms with Crippen molar-refractivity contribution in [2.45, 2.75) is 24.7 Å². The molecule has 0 aliphatic carbocycles. The number of nitrogens with zero attached hydrogens (tertiary/aromatic N) is 4. The number of rotatable bonds is 6. The van der Waals surface area contributed by atoms with Crippen LogP contribution in [-0.2, 0) is 24.9 Å². The van der Waals surface area contributed by atoms with E-state index in [1.807, 2.05) is 18.2 Å². The van der Waals surface area contributed by atoms with Crippen LogP contribution < -0.4 is 5.73 Å². The number of hydrogen-bond donors (Lipinski definition) is 1. The first kappa shape index (κ1) is 20.3. The molecule has 0 radical (unpaired) electrons. The van der Waals surface area contributed by atoms with Crippen molar-refractivity contribution in [2.24, 2.45) is 0 Å². The fourth-order valence-corrected chi connectivity index (χ4v) is 5.66. The highest BCUT2D eigenvalue weighted by Gasteiger charge is 2.42. The van der Waals surface area contributed by atoms with Crippen molar-refractivity contribution >= 4 is 36.2 Å². The van der Waals surface area contributed by atoms with Gasteiger partial charge in [0, 0.05) is 25.1 Å². The molecule has 2 aromatic heterocycles. The van der Waals surface area contributed by atoms with Gasteiger partial charge in [-0.1, -0.05) is 23.7 Å². The van der Waals surface area contributed by atoms with Crippen LogP contribution in [0.1, 0.15) is 18.1 Å². The predicted molar refractivity (Wildman–Crippen MR) is 109 cm³/mol. The zero-order valence-corrected chi connectivity index (χ0v) is 17.4. The number of nitrogens with two attached hydrogens (primary N) is 1. The molecule has 1 aromatic carbocycles. The highest BCUT2D eigenvalue weighted by Crippen LogP contribution is 2.60. The summed E-state index contributed by atoms with van der Waals surface area (Å²) in [7, 11) is -1.95. The SMILES string of the molecule is COCC(Cn1cnc2c(N)ncnc21)P1(=O)OCC[C@@H](c2cccc(Cl)c2)O1. The number of imidazole rings is 1. The van der Waals surface area contributed by atoms with Crippen LogP contribution in [0, 0.1) is 0 Å². The van der Waals surface area contributed by atoms with E-state index in [0.29, 0.717) is 29.2 Å². The summed E-state index contributed by atoms with van der Waals surface area (Å²) in [6.45, 7) is 0.772. The van der Waals surface area contributed by atoms with Crippen molar-refractivity contribution in [3.05, 3.63) is 47.5 Å². The summed E-state index contributed by atoms with van der Waals surface area (Å²) in [5.41, 5.74) is 7.21. The van der Waals surface area contributed by atoms with Crippen molar-refractivity contribution < 1.29 is 18.3 Å². The number of benzene rings is 1. The third kappa shape index (κ3) is 4.15. The minimum atomic E-state index is -3.50. The first-order valence-corrected chi connectivity index (χ1v) is 11.1. The van der Waals surface area contributed by atoms with Gasteiger partial charge >= 0.3 is 7.60 Å². The lowest BCUT2D eigenvalue weighted by Gasteiger charge is -2.34. The maximum atomic E-state index is 13.7. The van der Waals surface area contributed by atoms with E-state index >= 15 is 0 Å². The summed E-state index contributed by atoms with van der Waals surface area (Å²) < 4.78 is 32.4. The number of aromatic nitrogens is 4. The second-order valence-corrected chi connectivity index (χ2v) is 9.46. The Labute approximate surface area is 172 Å². The van der Waals surface area contributed by atoms with Crippen LogP contribution in [-0.4, -0.2) is 45.5 Å². The number of hydrogen-bond acceptors (Lipinski definition) is 8. The van der Waals surface area contributed by atoms with Crippen LogP contribution >= 0.6 is 19.2 Å².